The van der Waals surface area contributed by atoms with Gasteiger partial charge in [-0.05, 0) is 47.6 Å². The Bertz CT molecular complexity index is 1080. The Morgan fingerprint density at radius 3 is 2.42 bits per heavy atom. The number of nitrogens with zero attached hydrogens (tertiary/aromatic N) is 4. The third-order valence-corrected chi connectivity index (χ3v) is 6.79. The molecule has 1 fully saturated rings. The number of H-pyrrole nitrogens is 1. The van der Waals surface area contributed by atoms with Crippen LogP contribution in [0.25, 0.3) is 22.5 Å². The fraction of sp³-hybridized carbons (Fsp3) is 0.407. The van der Waals surface area contributed by atoms with Crippen molar-refractivity contribution in [2.75, 3.05) is 0 Å². The minimum Gasteiger partial charge on any atom is -0.312 e. The van der Waals surface area contributed by atoms with E-state index in [1.807, 2.05) is 23.1 Å². The van der Waals surface area contributed by atoms with Crippen LogP contribution in [0.4, 0.5) is 0 Å². The second-order valence-electron chi connectivity index (χ2n) is 9.31. The molecule has 0 unspecified atom stereocenters. The molecule has 0 radical (unpaired) electrons. The van der Waals surface area contributed by atoms with Gasteiger partial charge in [0, 0.05) is 16.7 Å². The van der Waals surface area contributed by atoms with Gasteiger partial charge in [0.25, 0.3) is 0 Å². The van der Waals surface area contributed by atoms with Crippen LogP contribution in [0.5, 0.6) is 0 Å². The summed E-state index contributed by atoms with van der Waals surface area (Å²) in [6.07, 6.45) is 7.19. The van der Waals surface area contributed by atoms with Gasteiger partial charge in [0.2, 0.25) is 11.7 Å². The summed E-state index contributed by atoms with van der Waals surface area (Å²) in [5.41, 5.74) is 4.81. The summed E-state index contributed by atoms with van der Waals surface area (Å²) >= 11 is 0. The smallest absolute Gasteiger partial charge is 0.232 e. The Kier molecular flexibility index (Phi) is 7.02. The van der Waals surface area contributed by atoms with Crippen LogP contribution in [0.2, 0.25) is 0 Å². The molecule has 172 valence electrons. The summed E-state index contributed by atoms with van der Waals surface area (Å²) in [5.74, 6) is 0.802. The molecule has 1 heterocycles. The minimum absolute atomic E-state index is 0.229. The molecule has 6 nitrogen and oxygen atoms in total. The van der Waals surface area contributed by atoms with Crippen molar-refractivity contribution < 1.29 is 4.79 Å². The molecule has 1 saturated carbocycles. The fourth-order valence-electron chi connectivity index (χ4n) is 4.72. The third-order valence-electron chi connectivity index (χ3n) is 6.79. The second kappa shape index (κ2) is 10.1. The maximum atomic E-state index is 13.6. The number of allylic oxidation sites excluding steroid dienone is 1. The molecule has 0 aliphatic heterocycles. The van der Waals surface area contributed by atoms with E-state index >= 15 is 0 Å². The number of hydrogen-bond donors (Lipinski definition) is 1. The van der Waals surface area contributed by atoms with Gasteiger partial charge in [0.15, 0.2) is 0 Å². The van der Waals surface area contributed by atoms with E-state index in [9.17, 15) is 4.79 Å². The molecule has 0 saturated heterocycles. The lowest BCUT2D eigenvalue weighted by molar-refractivity contribution is -0.139. The van der Waals surface area contributed by atoms with E-state index in [1.165, 1.54) is 0 Å². The highest BCUT2D eigenvalue weighted by Gasteiger charge is 2.39. The number of aromatic nitrogens is 4. The summed E-state index contributed by atoms with van der Waals surface area (Å²) in [7, 11) is 0. The van der Waals surface area contributed by atoms with Crippen LogP contribution in [0, 0.1) is 5.41 Å². The van der Waals surface area contributed by atoms with Gasteiger partial charge in [-0.1, -0.05) is 88.2 Å². The topological polar surface area (TPSA) is 74.8 Å². The summed E-state index contributed by atoms with van der Waals surface area (Å²) in [4.78, 5) is 15.5. The first-order valence-corrected chi connectivity index (χ1v) is 11.9. The number of aromatic amines is 1. The van der Waals surface area contributed by atoms with E-state index in [0.717, 1.165) is 72.9 Å². The van der Waals surface area contributed by atoms with E-state index in [1.54, 1.807) is 0 Å². The first-order chi connectivity index (χ1) is 16.0. The molecule has 1 aromatic heterocycles. The van der Waals surface area contributed by atoms with Crippen molar-refractivity contribution in [2.24, 2.45) is 5.41 Å². The Hall–Kier alpha value is -3.28. The average Bonchev–Trinajstić information content (AvgIpc) is 3.54. The zero-order chi connectivity index (χ0) is 23.3. The molecule has 3 aromatic rings. The first kappa shape index (κ1) is 22.9. The van der Waals surface area contributed by atoms with E-state index < -0.39 is 0 Å². The number of unbranched alkanes of at least 4 members (excludes halogenated alkanes) is 1. The first-order valence-electron chi connectivity index (χ1n) is 11.9. The average molecular weight is 444 g/mol. The van der Waals surface area contributed by atoms with Gasteiger partial charge in [-0.3, -0.25) is 4.79 Å². The van der Waals surface area contributed by atoms with Gasteiger partial charge in [0.1, 0.15) is 0 Å². The second-order valence-corrected chi connectivity index (χ2v) is 9.31. The highest BCUT2D eigenvalue weighted by Crippen LogP contribution is 2.40. The molecule has 1 amide bonds. The number of benzene rings is 2. The summed E-state index contributed by atoms with van der Waals surface area (Å²) in [6, 6.07) is 16.4. The lowest BCUT2D eigenvalue weighted by atomic mass is 9.86. The van der Waals surface area contributed by atoms with Gasteiger partial charge in [-0.15, -0.1) is 10.2 Å². The molecule has 33 heavy (non-hydrogen) atoms. The van der Waals surface area contributed by atoms with Gasteiger partial charge >= 0.3 is 0 Å². The Balaban J connectivity index is 1.57. The maximum absolute atomic E-state index is 13.6. The molecule has 2 aromatic carbocycles. The van der Waals surface area contributed by atoms with E-state index in [2.05, 4.69) is 71.4 Å². The standard InChI is InChI=1S/C27H33N5O/c1-4-5-10-20(2)32(26(33)27(3)17-8-9-18-27)19-21-13-15-22(16-14-21)23-11-6-7-12-24(23)25-28-30-31-29-25/h6-7,11-16H,2,4-5,8-10,17-19H2,1,3H3,(H,28,29,30,31). The number of tetrazole rings is 1. The number of carbonyl (C=O) groups is 1. The van der Waals surface area contributed by atoms with Crippen LogP contribution in [0.1, 0.15) is 64.4 Å². The molecule has 1 aliphatic rings. The zero-order valence-electron chi connectivity index (χ0n) is 19.7. The lowest BCUT2D eigenvalue weighted by Gasteiger charge is -2.33. The molecule has 4 rings (SSSR count). The van der Waals surface area contributed by atoms with Crippen LogP contribution in [0.15, 0.2) is 60.8 Å². The van der Waals surface area contributed by atoms with Crippen LogP contribution in [-0.2, 0) is 11.3 Å². The highest BCUT2D eigenvalue weighted by molar-refractivity contribution is 5.84. The van der Waals surface area contributed by atoms with Crippen molar-refractivity contribution in [3.05, 3.63) is 66.4 Å². The van der Waals surface area contributed by atoms with Gasteiger partial charge in [0.05, 0.1) is 6.54 Å². The molecule has 6 heteroatoms. The van der Waals surface area contributed by atoms with E-state index in [4.69, 9.17) is 0 Å². The number of rotatable bonds is 9. The molecule has 0 spiro atoms. The monoisotopic (exact) mass is 443 g/mol. The molecule has 0 atom stereocenters. The molecule has 1 N–H and O–H groups in total. The zero-order valence-corrected chi connectivity index (χ0v) is 19.7. The van der Waals surface area contributed by atoms with Gasteiger partial charge in [-0.2, -0.15) is 5.21 Å². The number of hydrogen-bond acceptors (Lipinski definition) is 4. The summed E-state index contributed by atoms with van der Waals surface area (Å²) < 4.78 is 0. The Labute approximate surface area is 196 Å². The number of carbonyl (C=O) groups excluding carboxylic acids is 1. The van der Waals surface area contributed by atoms with Crippen LogP contribution in [-0.4, -0.2) is 31.4 Å². The van der Waals surface area contributed by atoms with Crippen molar-refractivity contribution in [2.45, 2.75) is 65.3 Å². The normalized spacial score (nSPS) is 14.8. The molecule has 1 aliphatic carbocycles. The van der Waals surface area contributed by atoms with Crippen molar-refractivity contribution in [1.82, 2.24) is 25.5 Å². The Morgan fingerprint density at radius 2 is 1.79 bits per heavy atom. The summed E-state index contributed by atoms with van der Waals surface area (Å²) in [5, 5.41) is 14.5. The van der Waals surface area contributed by atoms with E-state index in [-0.39, 0.29) is 11.3 Å². The highest BCUT2D eigenvalue weighted by atomic mass is 16.2. The van der Waals surface area contributed by atoms with Gasteiger partial charge in [-0.25, -0.2) is 0 Å². The van der Waals surface area contributed by atoms with Crippen LogP contribution in [0.3, 0.4) is 0 Å². The van der Waals surface area contributed by atoms with Crippen molar-refractivity contribution in [3.8, 4) is 22.5 Å². The van der Waals surface area contributed by atoms with Crippen molar-refractivity contribution in [3.63, 3.8) is 0 Å². The largest absolute Gasteiger partial charge is 0.312 e. The Morgan fingerprint density at radius 1 is 1.09 bits per heavy atom. The van der Waals surface area contributed by atoms with Gasteiger partial charge < -0.3 is 4.90 Å². The van der Waals surface area contributed by atoms with Crippen molar-refractivity contribution >= 4 is 5.91 Å². The van der Waals surface area contributed by atoms with E-state index in [0.29, 0.717) is 12.4 Å². The third kappa shape index (κ3) is 5.05. The number of amides is 1. The minimum atomic E-state index is -0.265. The van der Waals surface area contributed by atoms with Crippen molar-refractivity contribution in [1.29, 1.82) is 0 Å². The predicted octanol–water partition coefficient (Wildman–Crippen LogP) is 6.15. The predicted molar refractivity (Wildman–Crippen MR) is 131 cm³/mol. The molecular weight excluding hydrogens is 410 g/mol. The maximum Gasteiger partial charge on any atom is 0.232 e. The molecule has 0 bridgehead atoms. The quantitative estimate of drug-likeness (QED) is 0.431. The number of nitrogens with one attached hydrogen (secondary N) is 1. The van der Waals surface area contributed by atoms with Crippen LogP contribution < -0.4 is 0 Å². The van der Waals surface area contributed by atoms with Crippen LogP contribution >= 0.6 is 0 Å². The summed E-state index contributed by atoms with van der Waals surface area (Å²) in [6.45, 7) is 9.15. The fourth-order valence-corrected chi connectivity index (χ4v) is 4.72. The SMILES string of the molecule is C=C(CCCC)N(Cc1ccc(-c2ccccc2-c2nn[nH]n2)cc1)C(=O)C1(C)CCCC1. The molecular formula is C27H33N5O. The lowest BCUT2D eigenvalue weighted by Crippen LogP contribution is -2.40.